The van der Waals surface area contributed by atoms with Gasteiger partial charge in [-0.05, 0) is 24.3 Å². The third kappa shape index (κ3) is 6.79. The molecule has 12 nitrogen and oxygen atoms in total. The SMILES string of the molecule is N=C(N)c1ccc(NC(=O)NCC(C(=O)NCCC(=O)O)c2ccccc2[N+](=O)[O-])cc1. The number of nitro groups is 1. The van der Waals surface area contributed by atoms with Gasteiger partial charge in [0.15, 0.2) is 0 Å². The third-order valence-electron chi connectivity index (χ3n) is 4.38. The third-order valence-corrected chi connectivity index (χ3v) is 4.38. The number of amidine groups is 1. The lowest BCUT2D eigenvalue weighted by Crippen LogP contribution is -2.39. The summed E-state index contributed by atoms with van der Waals surface area (Å²) in [5, 5.41) is 34.9. The standard InChI is InChI=1S/C20H22N6O6/c21-18(22)12-5-7-13(8-6-12)25-20(30)24-11-15(19(29)23-10-9-17(27)28)14-3-1-2-4-16(14)26(31)32/h1-8,15H,9-11H2,(H3,21,22)(H,23,29)(H,27,28)(H2,24,25,30). The first-order chi connectivity index (χ1) is 15.2. The number of nitrogens with two attached hydrogens (primary N) is 1. The van der Waals surface area contributed by atoms with Gasteiger partial charge >= 0.3 is 12.0 Å². The molecule has 2 rings (SSSR count). The van der Waals surface area contributed by atoms with E-state index in [9.17, 15) is 24.5 Å². The average molecular weight is 442 g/mol. The minimum atomic E-state index is -1.13. The fourth-order valence-electron chi connectivity index (χ4n) is 2.81. The number of aliphatic carboxylic acids is 1. The molecule has 0 spiro atoms. The maximum absolute atomic E-state index is 12.6. The minimum Gasteiger partial charge on any atom is -0.481 e. The van der Waals surface area contributed by atoms with E-state index in [4.69, 9.17) is 16.2 Å². The predicted molar refractivity (Wildman–Crippen MR) is 116 cm³/mol. The van der Waals surface area contributed by atoms with E-state index in [1.165, 1.54) is 36.4 Å². The fraction of sp³-hybridized carbons (Fsp3) is 0.200. The Hall–Kier alpha value is -4.48. The zero-order valence-corrected chi connectivity index (χ0v) is 16.8. The Morgan fingerprint density at radius 2 is 1.75 bits per heavy atom. The van der Waals surface area contributed by atoms with Crippen molar-refractivity contribution in [2.24, 2.45) is 5.73 Å². The Morgan fingerprint density at radius 1 is 1.09 bits per heavy atom. The van der Waals surface area contributed by atoms with E-state index in [0.29, 0.717) is 11.3 Å². The van der Waals surface area contributed by atoms with Crippen molar-refractivity contribution in [2.45, 2.75) is 12.3 Å². The number of nitrogens with zero attached hydrogens (tertiary/aromatic N) is 1. The van der Waals surface area contributed by atoms with Crippen LogP contribution < -0.4 is 21.7 Å². The molecule has 0 heterocycles. The summed E-state index contributed by atoms with van der Waals surface area (Å²) in [6, 6.07) is 11.1. The molecule has 32 heavy (non-hydrogen) atoms. The first-order valence-corrected chi connectivity index (χ1v) is 9.41. The fourth-order valence-corrected chi connectivity index (χ4v) is 2.81. The van der Waals surface area contributed by atoms with Crippen LogP contribution in [0.15, 0.2) is 48.5 Å². The predicted octanol–water partition coefficient (Wildman–Crippen LogP) is 1.38. The number of benzene rings is 2. The van der Waals surface area contributed by atoms with E-state index >= 15 is 0 Å². The summed E-state index contributed by atoms with van der Waals surface area (Å²) < 4.78 is 0. The summed E-state index contributed by atoms with van der Waals surface area (Å²) >= 11 is 0. The van der Waals surface area contributed by atoms with E-state index in [1.54, 1.807) is 12.1 Å². The molecule has 2 aromatic rings. The van der Waals surface area contributed by atoms with E-state index in [1.807, 2.05) is 0 Å². The average Bonchev–Trinajstić information content (AvgIpc) is 2.74. The van der Waals surface area contributed by atoms with Crippen molar-refractivity contribution in [1.82, 2.24) is 10.6 Å². The lowest BCUT2D eigenvalue weighted by molar-refractivity contribution is -0.385. The molecular formula is C20H22N6O6. The zero-order valence-electron chi connectivity index (χ0n) is 16.8. The van der Waals surface area contributed by atoms with Crippen molar-refractivity contribution < 1.29 is 24.4 Å². The summed E-state index contributed by atoms with van der Waals surface area (Å²) in [5.41, 5.74) is 6.04. The molecule has 2 aromatic carbocycles. The lowest BCUT2D eigenvalue weighted by atomic mass is 9.96. The van der Waals surface area contributed by atoms with Gasteiger partial charge in [0.2, 0.25) is 5.91 Å². The van der Waals surface area contributed by atoms with Gasteiger partial charge in [0.1, 0.15) is 5.84 Å². The number of nitro benzene ring substituents is 1. The summed E-state index contributed by atoms with van der Waals surface area (Å²) in [5.74, 6) is -3.02. The van der Waals surface area contributed by atoms with Gasteiger partial charge in [0.05, 0.1) is 17.3 Å². The van der Waals surface area contributed by atoms with Gasteiger partial charge in [0.25, 0.3) is 5.69 Å². The van der Waals surface area contributed by atoms with Gasteiger partial charge in [-0.3, -0.25) is 25.1 Å². The van der Waals surface area contributed by atoms with Gasteiger partial charge in [-0.1, -0.05) is 18.2 Å². The number of urea groups is 1. The van der Waals surface area contributed by atoms with Crippen LogP contribution in [0, 0.1) is 15.5 Å². The largest absolute Gasteiger partial charge is 0.481 e. The number of hydrogen-bond acceptors (Lipinski definition) is 6. The highest BCUT2D eigenvalue weighted by Crippen LogP contribution is 2.26. The molecule has 0 aromatic heterocycles. The van der Waals surface area contributed by atoms with E-state index in [-0.39, 0.29) is 36.6 Å². The van der Waals surface area contributed by atoms with Gasteiger partial charge in [-0.25, -0.2) is 4.79 Å². The summed E-state index contributed by atoms with van der Waals surface area (Å²) in [4.78, 5) is 46.4. The topological polar surface area (TPSA) is 201 Å². The smallest absolute Gasteiger partial charge is 0.319 e. The number of carbonyl (C=O) groups excluding carboxylic acids is 2. The van der Waals surface area contributed by atoms with Crippen molar-refractivity contribution >= 4 is 35.1 Å². The molecule has 168 valence electrons. The Balaban J connectivity index is 2.13. The summed E-state index contributed by atoms with van der Waals surface area (Å²) in [6.45, 7) is -0.443. The second kappa shape index (κ2) is 11.1. The lowest BCUT2D eigenvalue weighted by Gasteiger charge is -2.18. The first-order valence-electron chi connectivity index (χ1n) is 9.41. The number of nitrogens with one attached hydrogen (secondary N) is 4. The van der Waals surface area contributed by atoms with Crippen molar-refractivity contribution in [1.29, 1.82) is 5.41 Å². The van der Waals surface area contributed by atoms with E-state index < -0.39 is 28.7 Å². The Bertz CT molecular complexity index is 1020. The van der Waals surface area contributed by atoms with Crippen LogP contribution in [0.25, 0.3) is 0 Å². The number of para-hydroxylation sites is 1. The number of nitrogen functional groups attached to an aromatic ring is 1. The van der Waals surface area contributed by atoms with Crippen LogP contribution in [0.4, 0.5) is 16.2 Å². The highest BCUT2D eigenvalue weighted by molar-refractivity contribution is 5.96. The molecule has 0 fully saturated rings. The molecule has 0 saturated heterocycles. The van der Waals surface area contributed by atoms with Crippen molar-refractivity contribution in [3.8, 4) is 0 Å². The zero-order chi connectivity index (χ0) is 23.7. The Morgan fingerprint density at radius 3 is 2.34 bits per heavy atom. The molecule has 0 bridgehead atoms. The molecular weight excluding hydrogens is 420 g/mol. The normalized spacial score (nSPS) is 11.1. The van der Waals surface area contributed by atoms with Crippen LogP contribution >= 0.6 is 0 Å². The number of hydrogen-bond donors (Lipinski definition) is 6. The Kier molecular flexibility index (Phi) is 8.22. The molecule has 0 saturated carbocycles. The first kappa shape index (κ1) is 23.8. The van der Waals surface area contributed by atoms with E-state index in [0.717, 1.165) is 0 Å². The molecule has 0 aliphatic heterocycles. The maximum Gasteiger partial charge on any atom is 0.319 e. The van der Waals surface area contributed by atoms with Crippen LogP contribution in [-0.4, -0.2) is 46.9 Å². The van der Waals surface area contributed by atoms with Crippen molar-refractivity contribution in [2.75, 3.05) is 18.4 Å². The van der Waals surface area contributed by atoms with Gasteiger partial charge in [0, 0.05) is 36.0 Å². The van der Waals surface area contributed by atoms with Crippen LogP contribution in [-0.2, 0) is 9.59 Å². The highest BCUT2D eigenvalue weighted by Gasteiger charge is 2.28. The van der Waals surface area contributed by atoms with Crippen LogP contribution in [0.5, 0.6) is 0 Å². The van der Waals surface area contributed by atoms with Gasteiger partial charge < -0.3 is 26.8 Å². The van der Waals surface area contributed by atoms with Crippen LogP contribution in [0.1, 0.15) is 23.5 Å². The highest BCUT2D eigenvalue weighted by atomic mass is 16.6. The van der Waals surface area contributed by atoms with Gasteiger partial charge in [-0.2, -0.15) is 0 Å². The maximum atomic E-state index is 12.6. The number of rotatable bonds is 10. The molecule has 0 radical (unpaired) electrons. The number of carboxylic acids is 1. The molecule has 0 aliphatic carbocycles. The van der Waals surface area contributed by atoms with E-state index in [2.05, 4.69) is 16.0 Å². The minimum absolute atomic E-state index is 0.0800. The van der Waals surface area contributed by atoms with Crippen LogP contribution in [0.2, 0.25) is 0 Å². The van der Waals surface area contributed by atoms with Gasteiger partial charge in [-0.15, -0.1) is 0 Å². The number of amides is 3. The molecule has 7 N–H and O–H groups in total. The second-order valence-corrected chi connectivity index (χ2v) is 6.63. The molecule has 1 unspecified atom stereocenters. The number of carbonyl (C=O) groups is 3. The quantitative estimate of drug-likeness (QED) is 0.138. The Labute approximate surface area is 182 Å². The second-order valence-electron chi connectivity index (χ2n) is 6.63. The molecule has 0 aliphatic rings. The van der Waals surface area contributed by atoms with Crippen LogP contribution in [0.3, 0.4) is 0 Å². The van der Waals surface area contributed by atoms with Crippen molar-refractivity contribution in [3.05, 3.63) is 69.8 Å². The number of anilines is 1. The summed E-state index contributed by atoms with van der Waals surface area (Å²) in [7, 11) is 0. The molecule has 12 heteroatoms. The number of carboxylic acid groups (broad SMARTS) is 1. The molecule has 1 atom stereocenters. The monoisotopic (exact) mass is 442 g/mol. The van der Waals surface area contributed by atoms with Crippen molar-refractivity contribution in [3.63, 3.8) is 0 Å². The molecule has 3 amide bonds. The summed E-state index contributed by atoms with van der Waals surface area (Å²) in [6.07, 6.45) is -0.320.